The third-order valence-electron chi connectivity index (χ3n) is 3.71. The van der Waals surface area contributed by atoms with Crippen molar-refractivity contribution in [2.75, 3.05) is 18.0 Å². The first-order valence-electron chi connectivity index (χ1n) is 7.04. The minimum atomic E-state index is -0.592. The number of anilines is 1. The molecule has 1 amide bonds. The number of hydrogen-bond acceptors (Lipinski definition) is 4. The predicted molar refractivity (Wildman–Crippen MR) is 86.2 cm³/mol. The summed E-state index contributed by atoms with van der Waals surface area (Å²) >= 11 is 7.52. The number of thiazole rings is 1. The number of aromatic nitrogens is 1. The van der Waals surface area contributed by atoms with E-state index >= 15 is 0 Å². The highest BCUT2D eigenvalue weighted by Crippen LogP contribution is 2.23. The van der Waals surface area contributed by atoms with E-state index in [1.54, 1.807) is 17.5 Å². The van der Waals surface area contributed by atoms with Crippen LogP contribution in [0.4, 0.5) is 9.52 Å². The zero-order valence-electron chi connectivity index (χ0n) is 11.8. The molecular weight excluding hydrogens is 325 g/mol. The van der Waals surface area contributed by atoms with Crippen LogP contribution in [0, 0.1) is 5.82 Å². The largest absolute Gasteiger partial charge is 0.349 e. The fraction of sp³-hybridized carbons (Fsp3) is 0.333. The number of piperidine rings is 1. The molecule has 1 aliphatic rings. The summed E-state index contributed by atoms with van der Waals surface area (Å²) in [5.74, 6) is -1.04. The van der Waals surface area contributed by atoms with Crippen molar-refractivity contribution >= 4 is 34.0 Å². The summed E-state index contributed by atoms with van der Waals surface area (Å²) in [5.41, 5.74) is -0.0773. The van der Waals surface area contributed by atoms with Crippen LogP contribution >= 0.6 is 22.9 Å². The van der Waals surface area contributed by atoms with Crippen LogP contribution in [0.2, 0.25) is 5.02 Å². The van der Waals surface area contributed by atoms with Gasteiger partial charge in [-0.25, -0.2) is 9.37 Å². The molecule has 2 heterocycles. The molecule has 0 bridgehead atoms. The third kappa shape index (κ3) is 3.23. The Bertz CT molecular complexity index is 637. The summed E-state index contributed by atoms with van der Waals surface area (Å²) in [4.78, 5) is 18.7. The molecule has 1 fully saturated rings. The topological polar surface area (TPSA) is 45.2 Å². The second-order valence-electron chi connectivity index (χ2n) is 5.15. The average molecular weight is 340 g/mol. The van der Waals surface area contributed by atoms with Crippen molar-refractivity contribution in [3.05, 3.63) is 46.2 Å². The third-order valence-corrected chi connectivity index (χ3v) is 4.86. The summed E-state index contributed by atoms with van der Waals surface area (Å²) < 4.78 is 13.7. The first kappa shape index (κ1) is 15.2. The molecule has 1 saturated heterocycles. The van der Waals surface area contributed by atoms with Crippen molar-refractivity contribution in [1.29, 1.82) is 0 Å². The van der Waals surface area contributed by atoms with Crippen molar-refractivity contribution in [1.82, 2.24) is 10.3 Å². The van der Waals surface area contributed by atoms with Gasteiger partial charge < -0.3 is 10.2 Å². The molecule has 7 heteroatoms. The molecule has 0 saturated carbocycles. The van der Waals surface area contributed by atoms with Gasteiger partial charge in [0.15, 0.2) is 5.13 Å². The number of carbonyl (C=O) groups is 1. The van der Waals surface area contributed by atoms with Crippen LogP contribution in [0.5, 0.6) is 0 Å². The number of rotatable bonds is 3. The lowest BCUT2D eigenvalue weighted by Crippen LogP contribution is -2.45. The van der Waals surface area contributed by atoms with Gasteiger partial charge in [-0.2, -0.15) is 0 Å². The van der Waals surface area contributed by atoms with Crippen LogP contribution in [0.3, 0.4) is 0 Å². The first-order chi connectivity index (χ1) is 10.6. The number of amides is 1. The van der Waals surface area contributed by atoms with Gasteiger partial charge >= 0.3 is 0 Å². The van der Waals surface area contributed by atoms with Crippen LogP contribution in [0.1, 0.15) is 23.2 Å². The summed E-state index contributed by atoms with van der Waals surface area (Å²) in [6.45, 7) is 1.65. The summed E-state index contributed by atoms with van der Waals surface area (Å²) in [6.07, 6.45) is 3.39. The average Bonchev–Trinajstić information content (AvgIpc) is 3.02. The molecular formula is C15H15ClFN3OS. The fourth-order valence-electron chi connectivity index (χ4n) is 2.56. The van der Waals surface area contributed by atoms with Crippen LogP contribution in [0.25, 0.3) is 0 Å². The Morgan fingerprint density at radius 2 is 2.18 bits per heavy atom. The van der Waals surface area contributed by atoms with Gasteiger partial charge in [0, 0.05) is 30.7 Å². The number of benzene rings is 1. The van der Waals surface area contributed by atoms with E-state index in [1.807, 2.05) is 5.38 Å². The number of carbonyl (C=O) groups excluding carboxylic acids is 1. The number of nitrogens with zero attached hydrogens (tertiary/aromatic N) is 2. The van der Waals surface area contributed by atoms with Gasteiger partial charge in [-0.3, -0.25) is 4.79 Å². The standard InChI is InChI=1S/C15H15ClFN3OS/c16-11-2-1-3-12(17)13(11)14(21)19-10-4-7-20(8-5-10)15-18-6-9-22-15/h1-3,6,9-10H,4-5,7-8H2,(H,19,21). The van der Waals surface area contributed by atoms with E-state index < -0.39 is 11.7 Å². The Balaban J connectivity index is 1.60. The second kappa shape index (κ2) is 6.62. The van der Waals surface area contributed by atoms with E-state index in [2.05, 4.69) is 15.2 Å². The molecule has 1 aromatic heterocycles. The van der Waals surface area contributed by atoms with Crippen molar-refractivity contribution in [2.45, 2.75) is 18.9 Å². The smallest absolute Gasteiger partial charge is 0.255 e. The maximum Gasteiger partial charge on any atom is 0.255 e. The van der Waals surface area contributed by atoms with Gasteiger partial charge in [0.1, 0.15) is 5.82 Å². The number of hydrogen-bond donors (Lipinski definition) is 1. The fourth-order valence-corrected chi connectivity index (χ4v) is 3.51. The van der Waals surface area contributed by atoms with Gasteiger partial charge in [0.05, 0.1) is 10.6 Å². The molecule has 116 valence electrons. The summed E-state index contributed by atoms with van der Waals surface area (Å²) in [6, 6.07) is 4.27. The van der Waals surface area contributed by atoms with Crippen LogP contribution in [0.15, 0.2) is 29.8 Å². The van der Waals surface area contributed by atoms with Crippen molar-refractivity contribution in [3.8, 4) is 0 Å². The van der Waals surface area contributed by atoms with Crippen LogP contribution in [-0.2, 0) is 0 Å². The van der Waals surface area contributed by atoms with Gasteiger partial charge in [-0.15, -0.1) is 11.3 Å². The Kier molecular flexibility index (Phi) is 4.59. The molecule has 0 unspecified atom stereocenters. The first-order valence-corrected chi connectivity index (χ1v) is 8.30. The summed E-state index contributed by atoms with van der Waals surface area (Å²) in [5, 5.41) is 5.96. The minimum Gasteiger partial charge on any atom is -0.349 e. The highest BCUT2D eigenvalue weighted by atomic mass is 35.5. The minimum absolute atomic E-state index is 0.0272. The molecule has 1 aliphatic heterocycles. The molecule has 2 aromatic rings. The molecule has 3 rings (SSSR count). The molecule has 4 nitrogen and oxygen atoms in total. The molecule has 1 aromatic carbocycles. The van der Waals surface area contributed by atoms with E-state index in [-0.39, 0.29) is 16.6 Å². The van der Waals surface area contributed by atoms with Crippen molar-refractivity contribution in [2.24, 2.45) is 0 Å². The van der Waals surface area contributed by atoms with Gasteiger partial charge in [-0.1, -0.05) is 17.7 Å². The highest BCUT2D eigenvalue weighted by Gasteiger charge is 2.24. The molecule has 1 N–H and O–H groups in total. The zero-order valence-corrected chi connectivity index (χ0v) is 13.3. The van der Waals surface area contributed by atoms with E-state index in [0.717, 1.165) is 31.1 Å². The zero-order chi connectivity index (χ0) is 15.5. The monoisotopic (exact) mass is 339 g/mol. The maximum absolute atomic E-state index is 13.7. The van der Waals surface area contributed by atoms with Crippen molar-refractivity contribution < 1.29 is 9.18 Å². The molecule has 0 atom stereocenters. The van der Waals surface area contributed by atoms with E-state index in [0.29, 0.717) is 0 Å². The molecule has 0 aliphatic carbocycles. The lowest BCUT2D eigenvalue weighted by Gasteiger charge is -2.32. The van der Waals surface area contributed by atoms with Gasteiger partial charge in [-0.05, 0) is 25.0 Å². The Labute approximate surface area is 136 Å². The highest BCUT2D eigenvalue weighted by molar-refractivity contribution is 7.13. The van der Waals surface area contributed by atoms with Crippen LogP contribution in [-0.4, -0.2) is 30.0 Å². The SMILES string of the molecule is O=C(NC1CCN(c2nccs2)CC1)c1c(F)cccc1Cl. The molecule has 0 radical (unpaired) electrons. The maximum atomic E-state index is 13.7. The molecule has 0 spiro atoms. The van der Waals surface area contributed by atoms with E-state index in [1.165, 1.54) is 18.2 Å². The van der Waals surface area contributed by atoms with Gasteiger partial charge in [0.25, 0.3) is 5.91 Å². The number of halogens is 2. The van der Waals surface area contributed by atoms with Crippen LogP contribution < -0.4 is 10.2 Å². The van der Waals surface area contributed by atoms with Gasteiger partial charge in [0.2, 0.25) is 0 Å². The second-order valence-corrected chi connectivity index (χ2v) is 6.43. The normalized spacial score (nSPS) is 15.8. The summed E-state index contributed by atoms with van der Waals surface area (Å²) in [7, 11) is 0. The van der Waals surface area contributed by atoms with Crippen molar-refractivity contribution in [3.63, 3.8) is 0 Å². The lowest BCUT2D eigenvalue weighted by molar-refractivity contribution is 0.0927. The van der Waals surface area contributed by atoms with E-state index in [4.69, 9.17) is 11.6 Å². The Hall–Kier alpha value is -1.66. The molecule has 22 heavy (non-hydrogen) atoms. The lowest BCUT2D eigenvalue weighted by atomic mass is 10.0. The number of nitrogens with one attached hydrogen (secondary N) is 1. The Morgan fingerprint density at radius 3 is 2.82 bits per heavy atom. The predicted octanol–water partition coefficient (Wildman–Crippen LogP) is 3.33. The Morgan fingerprint density at radius 1 is 1.41 bits per heavy atom. The van der Waals surface area contributed by atoms with E-state index in [9.17, 15) is 9.18 Å². The quantitative estimate of drug-likeness (QED) is 0.933.